The number of fused-ring (bicyclic) bond motifs is 1. The summed E-state index contributed by atoms with van der Waals surface area (Å²) >= 11 is 18.6. The van der Waals surface area contributed by atoms with Crippen molar-refractivity contribution in [3.8, 4) is 11.6 Å². The molecule has 168 valence electrons. The van der Waals surface area contributed by atoms with Gasteiger partial charge in [0.05, 0.1) is 28.4 Å². The number of hydrogen-bond acceptors (Lipinski definition) is 5. The largest absolute Gasteiger partial charge is 0.492 e. The van der Waals surface area contributed by atoms with Gasteiger partial charge in [0.2, 0.25) is 5.88 Å². The molecule has 3 aromatic rings. The van der Waals surface area contributed by atoms with E-state index in [2.05, 4.69) is 9.88 Å². The van der Waals surface area contributed by atoms with Crippen LogP contribution < -0.4 is 14.4 Å². The lowest BCUT2D eigenvalue weighted by molar-refractivity contribution is -0.152. The van der Waals surface area contributed by atoms with Gasteiger partial charge in [0.1, 0.15) is 17.8 Å². The lowest BCUT2D eigenvalue weighted by Gasteiger charge is -2.40. The Morgan fingerprint density at radius 2 is 1.84 bits per heavy atom. The van der Waals surface area contributed by atoms with Crippen LogP contribution in [0.3, 0.4) is 0 Å². The van der Waals surface area contributed by atoms with Crippen LogP contribution in [0.4, 0.5) is 5.69 Å². The number of carboxylic acid groups (broad SMARTS) is 1. The minimum absolute atomic E-state index is 0.0350. The van der Waals surface area contributed by atoms with Gasteiger partial charge in [-0.15, -0.1) is 0 Å². The zero-order valence-electron chi connectivity index (χ0n) is 17.3. The lowest BCUT2D eigenvalue weighted by Crippen LogP contribution is -2.47. The number of aromatic nitrogens is 1. The Morgan fingerprint density at radius 1 is 1.09 bits per heavy atom. The number of carbonyl (C=O) groups is 1. The third-order valence-corrected chi connectivity index (χ3v) is 6.72. The molecular formula is C23H21Cl3N2O4. The van der Waals surface area contributed by atoms with Crippen LogP contribution in [-0.4, -0.2) is 42.9 Å². The van der Waals surface area contributed by atoms with Gasteiger partial charge in [0, 0.05) is 29.6 Å². The number of anilines is 1. The topological polar surface area (TPSA) is 71.9 Å². The summed E-state index contributed by atoms with van der Waals surface area (Å²) < 4.78 is 11.2. The van der Waals surface area contributed by atoms with Crippen LogP contribution in [0.25, 0.3) is 10.9 Å². The molecule has 1 aliphatic rings. The SMILES string of the molecule is COc1ccc2c(OCC3(C(=O)O)CCN(c4ccc(Cl)cc4Cl)CC3)ccc(Cl)c2n1. The zero-order chi connectivity index (χ0) is 22.9. The highest BCUT2D eigenvalue weighted by Gasteiger charge is 2.43. The summed E-state index contributed by atoms with van der Waals surface area (Å²) in [5, 5.41) is 12.3. The predicted octanol–water partition coefficient (Wildman–Crippen LogP) is 5.95. The molecule has 0 amide bonds. The van der Waals surface area contributed by atoms with E-state index in [0.29, 0.717) is 63.5 Å². The first-order valence-electron chi connectivity index (χ1n) is 10.0. The van der Waals surface area contributed by atoms with Gasteiger partial charge in [-0.05, 0) is 49.2 Å². The van der Waals surface area contributed by atoms with Crippen molar-refractivity contribution in [3.05, 3.63) is 57.5 Å². The second-order valence-corrected chi connectivity index (χ2v) is 9.00. The van der Waals surface area contributed by atoms with Gasteiger partial charge in [-0.3, -0.25) is 4.79 Å². The molecule has 0 bridgehead atoms. The maximum atomic E-state index is 12.3. The molecule has 0 radical (unpaired) electrons. The molecule has 9 heteroatoms. The quantitative estimate of drug-likeness (QED) is 0.455. The monoisotopic (exact) mass is 494 g/mol. The minimum atomic E-state index is -1.01. The number of rotatable bonds is 6. The van der Waals surface area contributed by atoms with Crippen LogP contribution >= 0.6 is 34.8 Å². The van der Waals surface area contributed by atoms with Crippen molar-refractivity contribution in [1.82, 2.24) is 4.98 Å². The highest BCUT2D eigenvalue weighted by molar-refractivity contribution is 6.36. The van der Waals surface area contributed by atoms with Crippen molar-refractivity contribution in [2.45, 2.75) is 12.8 Å². The number of halogens is 3. The number of hydrogen-bond donors (Lipinski definition) is 1. The number of carboxylic acids is 1. The van der Waals surface area contributed by atoms with Gasteiger partial charge in [-0.2, -0.15) is 0 Å². The van der Waals surface area contributed by atoms with Crippen molar-refractivity contribution in [1.29, 1.82) is 0 Å². The van der Waals surface area contributed by atoms with Crippen molar-refractivity contribution >= 4 is 57.4 Å². The van der Waals surface area contributed by atoms with Crippen molar-refractivity contribution < 1.29 is 19.4 Å². The highest BCUT2D eigenvalue weighted by Crippen LogP contribution is 2.39. The summed E-state index contributed by atoms with van der Waals surface area (Å²) in [6.07, 6.45) is 0.831. The molecule has 0 unspecified atom stereocenters. The molecule has 0 atom stereocenters. The summed E-state index contributed by atoms with van der Waals surface area (Å²) in [6, 6.07) is 12.3. The number of nitrogens with zero attached hydrogens (tertiary/aromatic N) is 2. The molecule has 1 aromatic heterocycles. The van der Waals surface area contributed by atoms with E-state index in [1.165, 1.54) is 7.11 Å². The summed E-state index contributed by atoms with van der Waals surface area (Å²) in [5.41, 5.74) is 0.376. The zero-order valence-corrected chi connectivity index (χ0v) is 19.5. The third kappa shape index (κ3) is 4.40. The fourth-order valence-electron chi connectivity index (χ4n) is 3.93. The standard InChI is InChI=1S/C23H21Cl3N2O4/c1-31-20-7-3-15-19(6-4-16(25)21(15)27-20)32-13-23(22(29)30)8-10-28(11-9-23)18-5-2-14(24)12-17(18)26/h2-7,12H,8-11,13H2,1H3,(H,29,30). The fraction of sp³-hybridized carbons (Fsp3) is 0.304. The van der Waals surface area contributed by atoms with Crippen molar-refractivity contribution in [2.24, 2.45) is 5.41 Å². The van der Waals surface area contributed by atoms with E-state index in [9.17, 15) is 9.90 Å². The molecule has 0 spiro atoms. The molecule has 0 aliphatic carbocycles. The Bertz CT molecular complexity index is 1160. The highest BCUT2D eigenvalue weighted by atomic mass is 35.5. The average Bonchev–Trinajstić information content (AvgIpc) is 2.79. The minimum Gasteiger partial charge on any atom is -0.492 e. The van der Waals surface area contributed by atoms with Crippen LogP contribution in [0, 0.1) is 5.41 Å². The Labute approximate surface area is 200 Å². The maximum absolute atomic E-state index is 12.3. The number of ether oxygens (including phenoxy) is 2. The Hall–Kier alpha value is -2.41. The summed E-state index contributed by atoms with van der Waals surface area (Å²) in [7, 11) is 1.53. The molecule has 2 aromatic carbocycles. The van der Waals surface area contributed by atoms with Gasteiger partial charge in [0.25, 0.3) is 0 Å². The molecule has 32 heavy (non-hydrogen) atoms. The molecule has 1 aliphatic heterocycles. The number of aliphatic carboxylic acids is 1. The summed E-state index contributed by atoms with van der Waals surface area (Å²) in [6.45, 7) is 1.11. The van der Waals surface area contributed by atoms with E-state index in [0.717, 1.165) is 5.69 Å². The average molecular weight is 496 g/mol. The first-order valence-corrected chi connectivity index (χ1v) is 11.2. The van der Waals surface area contributed by atoms with E-state index < -0.39 is 11.4 Å². The maximum Gasteiger partial charge on any atom is 0.313 e. The number of benzene rings is 2. The smallest absolute Gasteiger partial charge is 0.313 e. The predicted molar refractivity (Wildman–Crippen MR) is 127 cm³/mol. The van der Waals surface area contributed by atoms with Crippen molar-refractivity contribution in [2.75, 3.05) is 31.7 Å². The number of piperidine rings is 1. The van der Waals surface area contributed by atoms with Crippen LogP contribution in [-0.2, 0) is 4.79 Å². The van der Waals surface area contributed by atoms with Gasteiger partial charge in [-0.25, -0.2) is 4.98 Å². The number of methoxy groups -OCH3 is 1. The lowest BCUT2D eigenvalue weighted by atomic mass is 9.79. The van der Waals surface area contributed by atoms with E-state index in [1.54, 1.807) is 36.4 Å². The Balaban J connectivity index is 1.53. The van der Waals surface area contributed by atoms with Crippen LogP contribution in [0.15, 0.2) is 42.5 Å². The molecule has 2 heterocycles. The summed E-state index contributed by atoms with van der Waals surface area (Å²) in [4.78, 5) is 18.7. The normalized spacial score (nSPS) is 15.6. The van der Waals surface area contributed by atoms with E-state index >= 15 is 0 Å². The molecule has 1 fully saturated rings. The van der Waals surface area contributed by atoms with Crippen LogP contribution in [0.2, 0.25) is 15.1 Å². The molecule has 6 nitrogen and oxygen atoms in total. The molecular weight excluding hydrogens is 475 g/mol. The first kappa shape index (κ1) is 22.8. The second kappa shape index (κ2) is 9.22. The van der Waals surface area contributed by atoms with Gasteiger partial charge in [-0.1, -0.05) is 34.8 Å². The first-order chi connectivity index (χ1) is 15.3. The van der Waals surface area contributed by atoms with Gasteiger partial charge >= 0.3 is 5.97 Å². The third-order valence-electron chi connectivity index (χ3n) is 5.88. The van der Waals surface area contributed by atoms with E-state index in [-0.39, 0.29) is 6.61 Å². The van der Waals surface area contributed by atoms with Crippen molar-refractivity contribution in [3.63, 3.8) is 0 Å². The molecule has 4 rings (SSSR count). The Kier molecular flexibility index (Phi) is 6.56. The van der Waals surface area contributed by atoms with E-state index in [1.807, 2.05) is 6.07 Å². The molecule has 0 saturated carbocycles. The molecule has 1 N–H and O–H groups in total. The van der Waals surface area contributed by atoms with E-state index in [4.69, 9.17) is 44.3 Å². The Morgan fingerprint density at radius 3 is 2.50 bits per heavy atom. The summed E-state index contributed by atoms with van der Waals surface area (Å²) in [5.74, 6) is 0.0903. The van der Waals surface area contributed by atoms with Gasteiger partial charge in [0.15, 0.2) is 0 Å². The number of pyridine rings is 1. The van der Waals surface area contributed by atoms with Crippen LogP contribution in [0.1, 0.15) is 12.8 Å². The second-order valence-electron chi connectivity index (χ2n) is 7.75. The van der Waals surface area contributed by atoms with Gasteiger partial charge < -0.3 is 19.5 Å². The van der Waals surface area contributed by atoms with Crippen LogP contribution in [0.5, 0.6) is 11.6 Å². The molecule has 1 saturated heterocycles. The fourth-order valence-corrected chi connectivity index (χ4v) is 4.66.